The summed E-state index contributed by atoms with van der Waals surface area (Å²) in [6, 6.07) is 4.22. The lowest BCUT2D eigenvalue weighted by molar-refractivity contribution is 0.628. The third-order valence-corrected chi connectivity index (χ3v) is 4.80. The molecule has 1 fully saturated rings. The van der Waals surface area contributed by atoms with Gasteiger partial charge in [-0.15, -0.1) is 0 Å². The van der Waals surface area contributed by atoms with E-state index in [1.54, 1.807) is 6.07 Å². The van der Waals surface area contributed by atoms with Gasteiger partial charge in [-0.1, -0.05) is 11.6 Å². The van der Waals surface area contributed by atoms with E-state index in [4.69, 9.17) is 11.6 Å². The second-order valence-corrected chi connectivity index (χ2v) is 6.18. The summed E-state index contributed by atoms with van der Waals surface area (Å²) in [4.78, 5) is 0. The van der Waals surface area contributed by atoms with Crippen LogP contribution >= 0.6 is 11.6 Å². The molecule has 0 aromatic heterocycles. The van der Waals surface area contributed by atoms with Crippen molar-refractivity contribution in [3.8, 4) is 0 Å². The molecule has 0 radical (unpaired) electrons. The van der Waals surface area contributed by atoms with Crippen molar-refractivity contribution in [2.24, 2.45) is 4.36 Å². The lowest BCUT2D eigenvalue weighted by Crippen LogP contribution is -2.22. The van der Waals surface area contributed by atoms with E-state index in [0.717, 1.165) is 6.42 Å². The van der Waals surface area contributed by atoms with Crippen molar-refractivity contribution in [2.45, 2.75) is 6.42 Å². The highest BCUT2D eigenvalue weighted by Crippen LogP contribution is 2.24. The average Bonchev–Trinajstić information content (AvgIpc) is 2.09. The van der Waals surface area contributed by atoms with Crippen molar-refractivity contribution >= 4 is 27.0 Å². The molecule has 0 amide bonds. The van der Waals surface area contributed by atoms with Crippen molar-refractivity contribution in [2.75, 3.05) is 11.5 Å². The van der Waals surface area contributed by atoms with Gasteiger partial charge in [0.15, 0.2) is 0 Å². The molecular formula is C9H9ClFNOS. The Morgan fingerprint density at radius 1 is 1.43 bits per heavy atom. The van der Waals surface area contributed by atoms with Crippen molar-refractivity contribution in [1.29, 1.82) is 0 Å². The van der Waals surface area contributed by atoms with Crippen LogP contribution in [-0.2, 0) is 9.73 Å². The molecule has 0 bridgehead atoms. The minimum atomic E-state index is -2.06. The minimum absolute atomic E-state index is 0.0625. The maximum atomic E-state index is 13.0. The highest BCUT2D eigenvalue weighted by atomic mass is 35.5. The van der Waals surface area contributed by atoms with Gasteiger partial charge in [0.25, 0.3) is 0 Å². The second-order valence-electron chi connectivity index (χ2n) is 3.22. The van der Waals surface area contributed by atoms with Crippen LogP contribution in [-0.4, -0.2) is 15.7 Å². The van der Waals surface area contributed by atoms with Crippen LogP contribution in [0.3, 0.4) is 0 Å². The summed E-state index contributed by atoms with van der Waals surface area (Å²) in [6.07, 6.45) is 0.943. The smallest absolute Gasteiger partial charge is 0.143 e. The fraction of sp³-hybridized carbons (Fsp3) is 0.333. The molecule has 5 heteroatoms. The van der Waals surface area contributed by atoms with Crippen molar-refractivity contribution < 1.29 is 8.60 Å². The maximum absolute atomic E-state index is 13.0. The van der Waals surface area contributed by atoms with Crippen LogP contribution < -0.4 is 0 Å². The molecule has 1 aromatic rings. The summed E-state index contributed by atoms with van der Waals surface area (Å²) in [6.45, 7) is 0. The Kier molecular flexibility index (Phi) is 2.49. The van der Waals surface area contributed by atoms with Gasteiger partial charge < -0.3 is 0 Å². The summed E-state index contributed by atoms with van der Waals surface area (Å²) < 4.78 is 28.7. The Morgan fingerprint density at radius 3 is 2.64 bits per heavy atom. The number of hydrogen-bond donors (Lipinski definition) is 0. The summed E-state index contributed by atoms with van der Waals surface area (Å²) >= 11 is 5.51. The normalized spacial score (nSPS) is 18.7. The van der Waals surface area contributed by atoms with Crippen molar-refractivity contribution in [1.82, 2.24) is 0 Å². The molecule has 2 nitrogen and oxygen atoms in total. The molecule has 1 aliphatic heterocycles. The lowest BCUT2D eigenvalue weighted by Gasteiger charge is -2.17. The van der Waals surface area contributed by atoms with E-state index in [1.165, 1.54) is 12.1 Å². The molecule has 76 valence electrons. The Bertz CT molecular complexity index is 470. The molecule has 1 saturated heterocycles. The molecule has 1 aliphatic rings. The van der Waals surface area contributed by atoms with Gasteiger partial charge in [0.2, 0.25) is 0 Å². The van der Waals surface area contributed by atoms with Crippen molar-refractivity contribution in [3.63, 3.8) is 0 Å². The highest BCUT2D eigenvalue weighted by molar-refractivity contribution is 7.95. The third kappa shape index (κ3) is 1.91. The van der Waals surface area contributed by atoms with E-state index in [-0.39, 0.29) is 5.02 Å². The molecule has 1 aromatic carbocycles. The Morgan fingerprint density at radius 2 is 2.14 bits per heavy atom. The first-order valence-electron chi connectivity index (χ1n) is 4.27. The van der Waals surface area contributed by atoms with Crippen LogP contribution in [0.4, 0.5) is 10.1 Å². The zero-order valence-electron chi connectivity index (χ0n) is 7.37. The fourth-order valence-electron chi connectivity index (χ4n) is 1.22. The molecule has 14 heavy (non-hydrogen) atoms. The summed E-state index contributed by atoms with van der Waals surface area (Å²) in [5.41, 5.74) is 0.414. The zero-order valence-corrected chi connectivity index (χ0v) is 8.95. The summed E-state index contributed by atoms with van der Waals surface area (Å²) in [7, 11) is -2.06. The molecule has 0 spiro atoms. The minimum Gasteiger partial charge on any atom is -0.249 e. The van der Waals surface area contributed by atoms with Crippen LogP contribution in [0.2, 0.25) is 5.02 Å². The average molecular weight is 234 g/mol. The summed E-state index contributed by atoms with van der Waals surface area (Å²) in [5.74, 6) is 0.726. The number of benzene rings is 1. The van der Waals surface area contributed by atoms with E-state index in [1.807, 2.05) is 0 Å². The van der Waals surface area contributed by atoms with E-state index < -0.39 is 15.5 Å². The van der Waals surface area contributed by atoms with Gasteiger partial charge in [0, 0.05) is 17.6 Å². The summed E-state index contributed by atoms with van der Waals surface area (Å²) in [5, 5.41) is 0.0625. The van der Waals surface area contributed by atoms with Crippen LogP contribution in [0.25, 0.3) is 0 Å². The van der Waals surface area contributed by atoms with Gasteiger partial charge in [-0.05, 0) is 18.6 Å². The Labute approximate surface area is 87.3 Å². The van der Waals surface area contributed by atoms with Gasteiger partial charge >= 0.3 is 0 Å². The number of halogens is 2. The standard InChI is InChI=1S/C9H9ClFNOS/c10-8-3-2-7(6-9(8)11)12-14(13)4-1-5-14/h2-3,6H,1,4-5H2. The largest absolute Gasteiger partial charge is 0.249 e. The zero-order chi connectivity index (χ0) is 10.2. The van der Waals surface area contributed by atoms with Crippen LogP contribution in [0.1, 0.15) is 6.42 Å². The first-order valence-corrected chi connectivity index (χ1v) is 6.50. The molecule has 0 N–H and O–H groups in total. The van der Waals surface area contributed by atoms with Crippen molar-refractivity contribution in [3.05, 3.63) is 29.0 Å². The van der Waals surface area contributed by atoms with Gasteiger partial charge in [-0.25, -0.2) is 8.60 Å². The number of rotatable bonds is 1. The van der Waals surface area contributed by atoms with E-state index in [2.05, 4.69) is 4.36 Å². The molecule has 0 aliphatic carbocycles. The highest BCUT2D eigenvalue weighted by Gasteiger charge is 2.19. The molecule has 1 heterocycles. The second kappa shape index (κ2) is 3.51. The SMILES string of the molecule is O=S1(=Nc2ccc(Cl)c(F)c2)CCC1. The first kappa shape index (κ1) is 9.93. The van der Waals surface area contributed by atoms with Gasteiger partial charge in [0.1, 0.15) is 5.82 Å². The van der Waals surface area contributed by atoms with E-state index in [9.17, 15) is 8.60 Å². The van der Waals surface area contributed by atoms with Gasteiger partial charge in [0.05, 0.1) is 20.4 Å². The Hall–Kier alpha value is -0.610. The molecular weight excluding hydrogens is 225 g/mol. The van der Waals surface area contributed by atoms with E-state index in [0.29, 0.717) is 17.2 Å². The predicted molar refractivity (Wildman–Crippen MR) is 56.0 cm³/mol. The lowest BCUT2D eigenvalue weighted by atomic mass is 10.3. The number of hydrogen-bond acceptors (Lipinski definition) is 2. The molecule has 0 saturated carbocycles. The molecule has 2 rings (SSSR count). The van der Waals surface area contributed by atoms with Crippen LogP contribution in [0.15, 0.2) is 22.6 Å². The fourth-order valence-corrected chi connectivity index (χ4v) is 2.80. The topological polar surface area (TPSA) is 29.4 Å². The predicted octanol–water partition coefficient (Wildman–Crippen LogP) is 2.98. The van der Waals surface area contributed by atoms with Crippen LogP contribution in [0, 0.1) is 5.82 Å². The number of nitrogens with zero attached hydrogens (tertiary/aromatic N) is 1. The first-order chi connectivity index (χ1) is 6.59. The van der Waals surface area contributed by atoms with E-state index >= 15 is 0 Å². The van der Waals surface area contributed by atoms with Gasteiger partial charge in [-0.2, -0.15) is 4.36 Å². The third-order valence-electron chi connectivity index (χ3n) is 2.10. The quantitative estimate of drug-likeness (QED) is 0.733. The van der Waals surface area contributed by atoms with Crippen LogP contribution in [0.5, 0.6) is 0 Å². The molecule has 0 atom stereocenters. The van der Waals surface area contributed by atoms with Gasteiger partial charge in [-0.3, -0.25) is 0 Å². The Balaban J connectivity index is 2.39. The molecule has 0 unspecified atom stereocenters. The monoisotopic (exact) mass is 233 g/mol. The maximum Gasteiger partial charge on any atom is 0.143 e.